The van der Waals surface area contributed by atoms with Crippen molar-refractivity contribution in [2.75, 3.05) is 5.32 Å². The number of sulfone groups is 1. The van der Waals surface area contributed by atoms with Crippen LogP contribution in [0.3, 0.4) is 0 Å². The molecule has 13 heteroatoms. The number of carboxylic acids is 1. The lowest BCUT2D eigenvalue weighted by atomic mass is 10.1. The molecule has 0 saturated heterocycles. The Morgan fingerprint density at radius 1 is 0.878 bits per heavy atom. The quantitative estimate of drug-likeness (QED) is 0.171. The van der Waals surface area contributed by atoms with E-state index >= 15 is 0 Å². The number of hydrogen-bond donors (Lipinski definition) is 3. The van der Waals surface area contributed by atoms with Crippen LogP contribution in [0.15, 0.2) is 101 Å². The van der Waals surface area contributed by atoms with Gasteiger partial charge in [0.25, 0.3) is 0 Å². The van der Waals surface area contributed by atoms with Crippen LogP contribution in [0.1, 0.15) is 15.9 Å². The first-order chi connectivity index (χ1) is 19.6. The lowest BCUT2D eigenvalue weighted by Gasteiger charge is -2.17. The van der Waals surface area contributed by atoms with Gasteiger partial charge in [-0.2, -0.15) is 0 Å². The molecule has 0 aliphatic heterocycles. The van der Waals surface area contributed by atoms with Gasteiger partial charge in [-0.25, -0.2) is 22.8 Å². The van der Waals surface area contributed by atoms with E-state index in [9.17, 15) is 27.9 Å². The van der Waals surface area contributed by atoms with Gasteiger partial charge in [0.2, 0.25) is 9.84 Å². The molecule has 1 atom stereocenters. The molecule has 0 aliphatic rings. The Bertz CT molecular complexity index is 1680. The average Bonchev–Trinajstić information content (AvgIpc) is 2.94. The van der Waals surface area contributed by atoms with Crippen molar-refractivity contribution < 1.29 is 32.6 Å². The molecule has 0 radical (unpaired) electrons. The van der Waals surface area contributed by atoms with E-state index in [0.717, 1.165) is 0 Å². The number of carboxylic acid groups (broad SMARTS) is 1. The Kier molecular flexibility index (Phi) is 9.23. The molecule has 0 fully saturated rings. The van der Waals surface area contributed by atoms with Crippen LogP contribution < -0.4 is 15.4 Å². The van der Waals surface area contributed by atoms with Crippen molar-refractivity contribution in [3.8, 4) is 5.75 Å². The smallest absolute Gasteiger partial charge is 0.346 e. The topological polar surface area (TPSA) is 152 Å². The minimum absolute atomic E-state index is 0.0152. The fourth-order valence-electron chi connectivity index (χ4n) is 3.74. The Morgan fingerprint density at radius 3 is 2.12 bits per heavy atom. The molecule has 0 unspecified atom stereocenters. The number of aliphatic carboxylic acids is 1. The second kappa shape index (κ2) is 12.8. The van der Waals surface area contributed by atoms with Gasteiger partial charge in [-0.15, -0.1) is 0 Å². The zero-order valence-electron chi connectivity index (χ0n) is 21.0. The molecule has 3 N–H and O–H groups in total. The summed E-state index contributed by atoms with van der Waals surface area (Å²) in [6.07, 6.45) is 2.38. The first kappa shape index (κ1) is 29.5. The molecule has 210 valence electrons. The molecular weight excluding hydrogens is 593 g/mol. The summed E-state index contributed by atoms with van der Waals surface area (Å²) in [5, 5.41) is 14.5. The van der Waals surface area contributed by atoms with E-state index in [1.165, 1.54) is 67.0 Å². The molecule has 0 saturated carbocycles. The number of nitrogens with zero attached hydrogens (tertiary/aromatic N) is 1. The average molecular weight is 614 g/mol. The predicted octanol–water partition coefficient (Wildman–Crippen LogP) is 5.26. The van der Waals surface area contributed by atoms with Crippen molar-refractivity contribution in [1.29, 1.82) is 0 Å². The van der Waals surface area contributed by atoms with Gasteiger partial charge < -0.3 is 20.5 Å². The van der Waals surface area contributed by atoms with E-state index in [1.54, 1.807) is 24.3 Å². The highest BCUT2D eigenvalue weighted by Gasteiger charge is 2.25. The number of aromatic nitrogens is 1. The summed E-state index contributed by atoms with van der Waals surface area (Å²) in [5.74, 6) is -1.97. The summed E-state index contributed by atoms with van der Waals surface area (Å²) in [7, 11) is -3.96. The van der Waals surface area contributed by atoms with Gasteiger partial charge in [0.05, 0.1) is 25.5 Å². The number of amides is 2. The van der Waals surface area contributed by atoms with E-state index < -0.39 is 33.8 Å². The van der Waals surface area contributed by atoms with Crippen LogP contribution in [0, 0.1) is 0 Å². The summed E-state index contributed by atoms with van der Waals surface area (Å²) in [4.78, 5) is 40.8. The number of ether oxygens (including phenoxy) is 1. The number of pyridine rings is 1. The van der Waals surface area contributed by atoms with Crippen molar-refractivity contribution in [3.63, 3.8) is 0 Å². The zero-order valence-corrected chi connectivity index (χ0v) is 23.3. The Balaban J connectivity index is 1.43. The Labute approximate surface area is 244 Å². The fraction of sp³-hybridized carbons (Fsp3) is 0.0714. The third-order valence-electron chi connectivity index (χ3n) is 5.71. The number of para-hydroxylation sites is 1. The number of hydrogen-bond acceptors (Lipinski definition) is 7. The van der Waals surface area contributed by atoms with Crippen molar-refractivity contribution in [2.24, 2.45) is 0 Å². The van der Waals surface area contributed by atoms with E-state index in [2.05, 4.69) is 15.6 Å². The van der Waals surface area contributed by atoms with Gasteiger partial charge in [0.1, 0.15) is 17.4 Å². The number of nitrogens with one attached hydrogen (secondary N) is 2. The SMILES string of the molecule is O=C(Nc1ccccc1S(=O)(=O)c1ccccc1)N[C@@H](Cc1ccc(OC(=O)c2c(Cl)cncc2Cl)cc1)C(=O)O. The molecule has 2 amide bonds. The Morgan fingerprint density at radius 2 is 1.49 bits per heavy atom. The summed E-state index contributed by atoms with van der Waals surface area (Å²) < 4.78 is 31.5. The van der Waals surface area contributed by atoms with Crippen LogP contribution in [0.2, 0.25) is 10.0 Å². The highest BCUT2D eigenvalue weighted by molar-refractivity contribution is 7.91. The third-order valence-corrected chi connectivity index (χ3v) is 8.11. The van der Waals surface area contributed by atoms with Gasteiger partial charge in [0, 0.05) is 18.8 Å². The number of anilines is 1. The molecule has 0 spiro atoms. The molecule has 0 aliphatic carbocycles. The number of rotatable bonds is 9. The van der Waals surface area contributed by atoms with Crippen molar-refractivity contribution in [3.05, 3.63) is 112 Å². The number of carbonyl (C=O) groups excluding carboxylic acids is 2. The normalized spacial score (nSPS) is 11.8. The van der Waals surface area contributed by atoms with Crippen molar-refractivity contribution in [1.82, 2.24) is 10.3 Å². The van der Waals surface area contributed by atoms with Crippen LogP contribution in [-0.2, 0) is 21.1 Å². The Hall–Kier alpha value is -4.45. The fourth-order valence-corrected chi connectivity index (χ4v) is 5.70. The molecule has 1 aromatic heterocycles. The maximum Gasteiger partial charge on any atom is 0.346 e. The van der Waals surface area contributed by atoms with Crippen LogP contribution in [0.25, 0.3) is 0 Å². The van der Waals surface area contributed by atoms with E-state index in [-0.39, 0.29) is 43.3 Å². The minimum Gasteiger partial charge on any atom is -0.480 e. The summed E-state index contributed by atoms with van der Waals surface area (Å²) in [6.45, 7) is 0. The van der Waals surface area contributed by atoms with Gasteiger partial charge in [-0.05, 0) is 42.0 Å². The highest BCUT2D eigenvalue weighted by atomic mass is 35.5. The monoisotopic (exact) mass is 613 g/mol. The van der Waals surface area contributed by atoms with Crippen molar-refractivity contribution >= 4 is 56.7 Å². The zero-order chi connectivity index (χ0) is 29.6. The first-order valence-corrected chi connectivity index (χ1v) is 14.1. The molecule has 41 heavy (non-hydrogen) atoms. The summed E-state index contributed by atoms with van der Waals surface area (Å²) in [5.41, 5.74) is 0.440. The molecule has 10 nitrogen and oxygen atoms in total. The predicted molar refractivity (Wildman–Crippen MR) is 151 cm³/mol. The molecular formula is C28H21Cl2N3O7S. The van der Waals surface area contributed by atoms with Gasteiger partial charge in [0.15, 0.2) is 0 Å². The van der Waals surface area contributed by atoms with Crippen LogP contribution in [0.5, 0.6) is 5.75 Å². The molecule has 1 heterocycles. The highest BCUT2D eigenvalue weighted by Crippen LogP contribution is 2.28. The van der Waals surface area contributed by atoms with Crippen LogP contribution >= 0.6 is 23.2 Å². The molecule has 4 aromatic rings. The number of carbonyl (C=O) groups is 3. The standard InChI is InChI=1S/C28H21Cl2N3O7S/c29-20-15-31-16-21(30)25(20)27(36)40-18-12-10-17(11-13-18)14-23(26(34)35)33-28(37)32-22-8-4-5-9-24(22)41(38,39)19-6-2-1-3-7-19/h1-13,15-16,23H,14H2,(H,34,35)(H2,32,33,37)/t23-/m0/s1. The lowest BCUT2D eigenvalue weighted by molar-refractivity contribution is -0.139. The maximum atomic E-state index is 13.1. The van der Waals surface area contributed by atoms with Crippen LogP contribution in [-0.4, -0.2) is 42.5 Å². The molecule has 3 aromatic carbocycles. The van der Waals surface area contributed by atoms with E-state index in [0.29, 0.717) is 5.56 Å². The summed E-state index contributed by atoms with van der Waals surface area (Å²) in [6, 6.07) is 17.2. The van der Waals surface area contributed by atoms with Crippen molar-refractivity contribution in [2.45, 2.75) is 22.3 Å². The minimum atomic E-state index is -3.96. The number of benzene rings is 3. The number of esters is 1. The van der Waals surface area contributed by atoms with Gasteiger partial charge in [-0.1, -0.05) is 65.7 Å². The second-order valence-electron chi connectivity index (χ2n) is 8.52. The largest absolute Gasteiger partial charge is 0.480 e. The first-order valence-electron chi connectivity index (χ1n) is 11.9. The van der Waals surface area contributed by atoms with Crippen LogP contribution in [0.4, 0.5) is 10.5 Å². The number of urea groups is 1. The number of halogens is 2. The summed E-state index contributed by atoms with van der Waals surface area (Å²) >= 11 is 12.0. The van der Waals surface area contributed by atoms with Gasteiger partial charge in [-0.3, -0.25) is 4.98 Å². The van der Waals surface area contributed by atoms with E-state index in [4.69, 9.17) is 27.9 Å². The van der Waals surface area contributed by atoms with E-state index in [1.807, 2.05) is 0 Å². The third kappa shape index (κ3) is 7.20. The maximum absolute atomic E-state index is 13.1. The molecule has 4 rings (SSSR count). The lowest BCUT2D eigenvalue weighted by Crippen LogP contribution is -2.44. The second-order valence-corrected chi connectivity index (χ2v) is 11.3. The molecule has 0 bridgehead atoms. The van der Waals surface area contributed by atoms with Gasteiger partial charge >= 0.3 is 18.0 Å².